The summed E-state index contributed by atoms with van der Waals surface area (Å²) in [6, 6.07) is -0.362. The maximum Gasteiger partial charge on any atom is 0.320 e. The Morgan fingerprint density at radius 3 is 2.60 bits per heavy atom. The molecule has 0 unspecified atom stereocenters. The van der Waals surface area contributed by atoms with Crippen LogP contribution in [0.5, 0.6) is 0 Å². The van der Waals surface area contributed by atoms with Gasteiger partial charge in [0.15, 0.2) is 0 Å². The van der Waals surface area contributed by atoms with Gasteiger partial charge in [-0.1, -0.05) is 19.8 Å². The highest BCUT2D eigenvalue weighted by Crippen LogP contribution is 2.01. The summed E-state index contributed by atoms with van der Waals surface area (Å²) >= 11 is 1.69. The molecule has 5 heteroatoms. The average Bonchev–Trinajstić information content (AvgIpc) is 2.16. The Morgan fingerprint density at radius 1 is 1.47 bits per heavy atom. The molecule has 0 fully saturated rings. The highest BCUT2D eigenvalue weighted by Gasteiger charge is 2.14. The third kappa shape index (κ3) is 10.0. The van der Waals surface area contributed by atoms with Crippen LogP contribution in [0.3, 0.4) is 0 Å². The van der Waals surface area contributed by atoms with Crippen molar-refractivity contribution in [1.29, 1.82) is 0 Å². The minimum Gasteiger partial charge on any atom is -0.480 e. The molecule has 0 aliphatic rings. The van der Waals surface area contributed by atoms with Gasteiger partial charge in [0.2, 0.25) is 0 Å². The molecule has 92 valence electrons. The highest BCUT2D eigenvalue weighted by molar-refractivity contribution is 7.98. The molecule has 15 heavy (non-hydrogen) atoms. The van der Waals surface area contributed by atoms with Gasteiger partial charge in [-0.3, -0.25) is 4.79 Å². The molecule has 0 aromatic rings. The monoisotopic (exact) mass is 236 g/mol. The topological polar surface area (TPSA) is 84.3 Å². The summed E-state index contributed by atoms with van der Waals surface area (Å²) in [5.41, 5.74) is 0. The Bertz CT molecular complexity index is 156. The smallest absolute Gasteiger partial charge is 0.320 e. The van der Waals surface area contributed by atoms with E-state index in [-0.39, 0.29) is 12.2 Å². The van der Waals surface area contributed by atoms with Crippen LogP contribution >= 0.6 is 11.8 Å². The minimum absolute atomic E-state index is 0. The first-order valence-corrected chi connectivity index (χ1v) is 6.56. The first-order chi connectivity index (χ1) is 6.72. The SMILES string of the molecule is CCCCCN[C@@H](CCSC)C(=O)O.N. The number of rotatable bonds is 9. The zero-order chi connectivity index (χ0) is 10.8. The van der Waals surface area contributed by atoms with Crippen LogP contribution in [-0.4, -0.2) is 35.7 Å². The van der Waals surface area contributed by atoms with Crippen LogP contribution < -0.4 is 11.5 Å². The number of thioether (sulfide) groups is 1. The van der Waals surface area contributed by atoms with Crippen molar-refractivity contribution >= 4 is 17.7 Å². The molecule has 0 rings (SSSR count). The number of carbonyl (C=O) groups is 1. The largest absolute Gasteiger partial charge is 0.480 e. The molecule has 1 atom stereocenters. The summed E-state index contributed by atoms with van der Waals surface area (Å²) in [6.07, 6.45) is 6.12. The van der Waals surface area contributed by atoms with Gasteiger partial charge in [0.1, 0.15) is 6.04 Å². The molecule has 0 heterocycles. The molecule has 5 N–H and O–H groups in total. The van der Waals surface area contributed by atoms with Gasteiger partial charge in [0.25, 0.3) is 0 Å². The number of aliphatic carboxylic acids is 1. The molecule has 0 aromatic heterocycles. The maximum absolute atomic E-state index is 10.8. The first-order valence-electron chi connectivity index (χ1n) is 5.17. The molecule has 0 aliphatic carbocycles. The lowest BCUT2D eigenvalue weighted by Crippen LogP contribution is -2.37. The van der Waals surface area contributed by atoms with E-state index in [0.29, 0.717) is 6.42 Å². The third-order valence-electron chi connectivity index (χ3n) is 2.08. The van der Waals surface area contributed by atoms with Crippen LogP contribution in [0.2, 0.25) is 0 Å². The fourth-order valence-corrected chi connectivity index (χ4v) is 1.67. The highest BCUT2D eigenvalue weighted by atomic mass is 32.2. The van der Waals surface area contributed by atoms with Crippen molar-refractivity contribution in [2.45, 2.75) is 38.6 Å². The lowest BCUT2D eigenvalue weighted by molar-refractivity contribution is -0.139. The zero-order valence-corrected chi connectivity index (χ0v) is 10.6. The zero-order valence-electron chi connectivity index (χ0n) is 9.79. The van der Waals surface area contributed by atoms with Gasteiger partial charge in [-0.25, -0.2) is 0 Å². The van der Waals surface area contributed by atoms with E-state index in [1.165, 1.54) is 12.8 Å². The van der Waals surface area contributed by atoms with E-state index in [1.807, 2.05) is 6.26 Å². The number of unbranched alkanes of at least 4 members (excludes halogenated alkanes) is 2. The predicted octanol–water partition coefficient (Wildman–Crippen LogP) is 2.13. The van der Waals surface area contributed by atoms with E-state index in [0.717, 1.165) is 18.7 Å². The normalized spacial score (nSPS) is 11.9. The van der Waals surface area contributed by atoms with E-state index in [9.17, 15) is 4.79 Å². The minimum atomic E-state index is -0.726. The maximum atomic E-state index is 10.8. The van der Waals surface area contributed by atoms with Crippen molar-refractivity contribution in [2.24, 2.45) is 0 Å². The van der Waals surface area contributed by atoms with Crippen molar-refractivity contribution in [2.75, 3.05) is 18.6 Å². The second kappa shape index (κ2) is 11.8. The molecule has 0 saturated heterocycles. The van der Waals surface area contributed by atoms with Gasteiger partial charge >= 0.3 is 5.97 Å². The van der Waals surface area contributed by atoms with Crippen molar-refractivity contribution < 1.29 is 9.90 Å². The Balaban J connectivity index is 0. The quantitative estimate of drug-likeness (QED) is 0.534. The Kier molecular flexibility index (Phi) is 13.5. The summed E-state index contributed by atoms with van der Waals surface area (Å²) in [5.74, 6) is 0.174. The predicted molar refractivity (Wildman–Crippen MR) is 67.0 cm³/mol. The van der Waals surface area contributed by atoms with Crippen molar-refractivity contribution in [3.63, 3.8) is 0 Å². The second-order valence-corrected chi connectivity index (χ2v) is 4.32. The summed E-state index contributed by atoms with van der Waals surface area (Å²) in [4.78, 5) is 10.8. The Labute approximate surface area is 96.8 Å². The summed E-state index contributed by atoms with van der Waals surface area (Å²) < 4.78 is 0. The summed E-state index contributed by atoms with van der Waals surface area (Å²) in [5, 5.41) is 12.0. The van der Waals surface area contributed by atoms with E-state index < -0.39 is 5.97 Å². The van der Waals surface area contributed by atoms with E-state index in [2.05, 4.69) is 12.2 Å². The van der Waals surface area contributed by atoms with E-state index in [4.69, 9.17) is 5.11 Å². The Morgan fingerprint density at radius 2 is 2.13 bits per heavy atom. The fourth-order valence-electron chi connectivity index (χ4n) is 1.20. The van der Waals surface area contributed by atoms with Gasteiger partial charge in [0.05, 0.1) is 0 Å². The lowest BCUT2D eigenvalue weighted by Gasteiger charge is -2.13. The number of carboxylic acid groups (broad SMARTS) is 1. The van der Waals surface area contributed by atoms with Gasteiger partial charge in [-0.05, 0) is 31.4 Å². The van der Waals surface area contributed by atoms with Crippen LogP contribution in [0.4, 0.5) is 0 Å². The van der Waals surface area contributed by atoms with Crippen LogP contribution in [0, 0.1) is 0 Å². The molecule has 0 aromatic carbocycles. The summed E-state index contributed by atoms with van der Waals surface area (Å²) in [6.45, 7) is 2.96. The molecule has 0 saturated carbocycles. The van der Waals surface area contributed by atoms with Crippen molar-refractivity contribution in [3.05, 3.63) is 0 Å². The third-order valence-corrected chi connectivity index (χ3v) is 2.72. The average molecular weight is 236 g/mol. The van der Waals surface area contributed by atoms with Gasteiger partial charge in [0, 0.05) is 0 Å². The van der Waals surface area contributed by atoms with Gasteiger partial charge in [-0.2, -0.15) is 11.8 Å². The number of nitrogens with one attached hydrogen (secondary N) is 1. The van der Waals surface area contributed by atoms with E-state index in [1.54, 1.807) is 11.8 Å². The lowest BCUT2D eigenvalue weighted by atomic mass is 10.2. The molecular weight excluding hydrogens is 212 g/mol. The molecule has 0 radical (unpaired) electrons. The standard InChI is InChI=1S/C10H21NO2S.H3N/c1-3-4-5-7-11-9(10(12)13)6-8-14-2;/h9,11H,3-8H2,1-2H3,(H,12,13);1H3/t9-;/m0./s1. The molecule has 0 amide bonds. The molecule has 0 spiro atoms. The number of hydrogen-bond donors (Lipinski definition) is 3. The van der Waals surface area contributed by atoms with Crippen LogP contribution in [0.25, 0.3) is 0 Å². The van der Waals surface area contributed by atoms with Crippen LogP contribution in [0.1, 0.15) is 32.6 Å². The summed E-state index contributed by atoms with van der Waals surface area (Å²) in [7, 11) is 0. The Hall–Kier alpha value is -0.260. The van der Waals surface area contributed by atoms with Crippen LogP contribution in [-0.2, 0) is 4.79 Å². The van der Waals surface area contributed by atoms with Crippen LogP contribution in [0.15, 0.2) is 0 Å². The first kappa shape index (κ1) is 17.1. The van der Waals surface area contributed by atoms with Crippen molar-refractivity contribution in [3.8, 4) is 0 Å². The van der Waals surface area contributed by atoms with Crippen molar-refractivity contribution in [1.82, 2.24) is 11.5 Å². The van der Waals surface area contributed by atoms with Gasteiger partial charge < -0.3 is 16.6 Å². The molecule has 0 bridgehead atoms. The fraction of sp³-hybridized carbons (Fsp3) is 0.900. The molecular formula is C10H24N2O2S. The van der Waals surface area contributed by atoms with E-state index >= 15 is 0 Å². The molecule has 4 nitrogen and oxygen atoms in total. The van der Waals surface area contributed by atoms with Gasteiger partial charge in [-0.15, -0.1) is 0 Å². The second-order valence-electron chi connectivity index (χ2n) is 3.33. The molecule has 0 aliphatic heterocycles. The number of carboxylic acids is 1. The number of hydrogen-bond acceptors (Lipinski definition) is 4.